The first kappa shape index (κ1) is 13.4. The standard InChI is InChI=1S/C16H19BrClNO/c17-12-7-14-1-2-15(8-12)19(14)9-11-6-13(18)5-10-3-4-20-16(10)11/h5-6,12,14-15H,1-4,7-9H2. The van der Waals surface area contributed by atoms with Crippen LogP contribution in [0.3, 0.4) is 0 Å². The average Bonchev–Trinajstić information content (AvgIpc) is 2.94. The Morgan fingerprint density at radius 2 is 2.00 bits per heavy atom. The van der Waals surface area contributed by atoms with Crippen molar-refractivity contribution in [1.29, 1.82) is 0 Å². The normalized spacial score (nSPS) is 32.2. The lowest BCUT2D eigenvalue weighted by molar-refractivity contribution is 0.135. The molecule has 2 nitrogen and oxygen atoms in total. The van der Waals surface area contributed by atoms with Crippen LogP contribution >= 0.6 is 27.5 Å². The highest BCUT2D eigenvalue weighted by atomic mass is 79.9. The number of ether oxygens (including phenoxy) is 1. The molecule has 0 spiro atoms. The van der Waals surface area contributed by atoms with Gasteiger partial charge in [0.2, 0.25) is 0 Å². The fourth-order valence-corrected chi connectivity index (χ4v) is 5.25. The van der Waals surface area contributed by atoms with Gasteiger partial charge in [-0.25, -0.2) is 0 Å². The predicted octanol–water partition coefficient (Wildman–Crippen LogP) is 4.17. The molecule has 1 aromatic rings. The van der Waals surface area contributed by atoms with Crippen molar-refractivity contribution < 1.29 is 4.74 Å². The van der Waals surface area contributed by atoms with Crippen LogP contribution in [-0.4, -0.2) is 28.4 Å². The van der Waals surface area contributed by atoms with E-state index < -0.39 is 0 Å². The van der Waals surface area contributed by atoms with Crippen molar-refractivity contribution in [3.63, 3.8) is 0 Å². The second kappa shape index (κ2) is 5.19. The van der Waals surface area contributed by atoms with E-state index in [1.54, 1.807) is 0 Å². The molecule has 4 heteroatoms. The monoisotopic (exact) mass is 355 g/mol. The molecule has 0 saturated carbocycles. The molecule has 20 heavy (non-hydrogen) atoms. The molecule has 2 saturated heterocycles. The Bertz CT molecular complexity index is 521. The summed E-state index contributed by atoms with van der Waals surface area (Å²) in [7, 11) is 0. The molecule has 3 heterocycles. The molecule has 108 valence electrons. The highest BCUT2D eigenvalue weighted by molar-refractivity contribution is 9.09. The average molecular weight is 357 g/mol. The Kier molecular flexibility index (Phi) is 3.48. The van der Waals surface area contributed by atoms with Crippen LogP contribution < -0.4 is 4.74 Å². The summed E-state index contributed by atoms with van der Waals surface area (Å²) in [5.74, 6) is 1.11. The SMILES string of the molecule is Clc1cc2c(c(CN3C4CCC3CC(Br)C4)c1)OCC2. The molecule has 2 fully saturated rings. The van der Waals surface area contributed by atoms with Crippen LogP contribution in [0.4, 0.5) is 0 Å². The lowest BCUT2D eigenvalue weighted by Gasteiger charge is -2.37. The van der Waals surface area contributed by atoms with Crippen molar-refractivity contribution in [2.75, 3.05) is 6.61 Å². The molecular weight excluding hydrogens is 338 g/mol. The minimum Gasteiger partial charge on any atom is -0.493 e. The van der Waals surface area contributed by atoms with Crippen LogP contribution in [0.5, 0.6) is 5.75 Å². The van der Waals surface area contributed by atoms with Crippen LogP contribution in [-0.2, 0) is 13.0 Å². The number of nitrogens with zero attached hydrogens (tertiary/aromatic N) is 1. The van der Waals surface area contributed by atoms with E-state index in [0.29, 0.717) is 4.83 Å². The summed E-state index contributed by atoms with van der Waals surface area (Å²) in [6, 6.07) is 5.63. The molecule has 0 radical (unpaired) electrons. The van der Waals surface area contributed by atoms with Gasteiger partial charge in [0.25, 0.3) is 0 Å². The first-order valence-corrected chi connectivity index (χ1v) is 8.84. The lowest BCUT2D eigenvalue weighted by Crippen LogP contribution is -2.42. The number of benzene rings is 1. The molecule has 0 aliphatic carbocycles. The molecule has 3 aliphatic heterocycles. The van der Waals surface area contributed by atoms with Crippen molar-refractivity contribution >= 4 is 27.5 Å². The van der Waals surface area contributed by atoms with Gasteiger partial charge >= 0.3 is 0 Å². The van der Waals surface area contributed by atoms with E-state index in [1.165, 1.54) is 36.8 Å². The van der Waals surface area contributed by atoms with Gasteiger partial charge in [0.05, 0.1) is 6.61 Å². The zero-order valence-electron chi connectivity index (χ0n) is 11.4. The first-order valence-electron chi connectivity index (χ1n) is 7.54. The number of alkyl halides is 1. The van der Waals surface area contributed by atoms with E-state index in [1.807, 2.05) is 0 Å². The van der Waals surface area contributed by atoms with Gasteiger partial charge in [0, 0.05) is 40.5 Å². The predicted molar refractivity (Wildman–Crippen MR) is 85.0 cm³/mol. The third-order valence-corrected chi connectivity index (χ3v) is 5.97. The topological polar surface area (TPSA) is 12.5 Å². The van der Waals surface area contributed by atoms with Gasteiger partial charge in [-0.15, -0.1) is 0 Å². The Hall–Kier alpha value is -0.250. The Labute approximate surface area is 133 Å². The molecule has 2 bridgehead atoms. The van der Waals surface area contributed by atoms with Crippen molar-refractivity contribution in [3.05, 3.63) is 28.3 Å². The van der Waals surface area contributed by atoms with Gasteiger partial charge in [-0.1, -0.05) is 27.5 Å². The number of fused-ring (bicyclic) bond motifs is 3. The highest BCUT2D eigenvalue weighted by Crippen LogP contribution is 2.41. The summed E-state index contributed by atoms with van der Waals surface area (Å²) in [5, 5.41) is 0.854. The summed E-state index contributed by atoms with van der Waals surface area (Å²) >= 11 is 10.1. The van der Waals surface area contributed by atoms with Gasteiger partial charge in [-0.3, -0.25) is 4.90 Å². The molecule has 0 N–H and O–H groups in total. The Morgan fingerprint density at radius 1 is 1.25 bits per heavy atom. The van der Waals surface area contributed by atoms with Crippen LogP contribution in [0, 0.1) is 0 Å². The molecule has 1 aromatic carbocycles. The second-order valence-electron chi connectivity index (χ2n) is 6.28. The molecule has 0 amide bonds. The molecule has 0 aromatic heterocycles. The van der Waals surface area contributed by atoms with Crippen molar-refractivity contribution in [3.8, 4) is 5.75 Å². The maximum atomic E-state index is 6.28. The van der Waals surface area contributed by atoms with Gasteiger partial charge in [-0.2, -0.15) is 0 Å². The van der Waals surface area contributed by atoms with Crippen LogP contribution in [0.2, 0.25) is 5.02 Å². The zero-order valence-corrected chi connectivity index (χ0v) is 13.8. The van der Waals surface area contributed by atoms with Crippen LogP contribution in [0.25, 0.3) is 0 Å². The van der Waals surface area contributed by atoms with Crippen molar-refractivity contribution in [2.45, 2.75) is 55.6 Å². The quantitative estimate of drug-likeness (QED) is 0.738. The van der Waals surface area contributed by atoms with Gasteiger partial charge in [0.15, 0.2) is 0 Å². The van der Waals surface area contributed by atoms with E-state index in [0.717, 1.165) is 42.4 Å². The van der Waals surface area contributed by atoms with E-state index in [2.05, 4.69) is 33.0 Å². The minimum absolute atomic E-state index is 0.706. The number of halogens is 2. The summed E-state index contributed by atoms with van der Waals surface area (Å²) in [5.41, 5.74) is 2.57. The maximum Gasteiger partial charge on any atom is 0.127 e. The van der Waals surface area contributed by atoms with Crippen LogP contribution in [0.15, 0.2) is 12.1 Å². The smallest absolute Gasteiger partial charge is 0.127 e. The van der Waals surface area contributed by atoms with E-state index in [4.69, 9.17) is 16.3 Å². The van der Waals surface area contributed by atoms with Crippen molar-refractivity contribution in [2.24, 2.45) is 0 Å². The summed E-state index contributed by atoms with van der Waals surface area (Å²) < 4.78 is 5.84. The largest absolute Gasteiger partial charge is 0.493 e. The molecule has 2 atom stereocenters. The fraction of sp³-hybridized carbons (Fsp3) is 0.625. The van der Waals surface area contributed by atoms with Gasteiger partial charge in [-0.05, 0) is 43.4 Å². The summed E-state index contributed by atoms with van der Waals surface area (Å²) in [4.78, 5) is 3.39. The van der Waals surface area contributed by atoms with E-state index >= 15 is 0 Å². The summed E-state index contributed by atoms with van der Waals surface area (Å²) in [6.45, 7) is 1.80. The van der Waals surface area contributed by atoms with Gasteiger partial charge in [0.1, 0.15) is 5.75 Å². The molecule has 3 aliphatic rings. The zero-order chi connectivity index (χ0) is 13.7. The minimum atomic E-state index is 0.706. The van der Waals surface area contributed by atoms with Gasteiger partial charge < -0.3 is 4.74 Å². The number of piperidine rings is 1. The van der Waals surface area contributed by atoms with Crippen LogP contribution in [0.1, 0.15) is 36.8 Å². The van der Waals surface area contributed by atoms with E-state index in [-0.39, 0.29) is 0 Å². The third kappa shape index (κ3) is 2.28. The Morgan fingerprint density at radius 3 is 2.75 bits per heavy atom. The number of rotatable bonds is 2. The molecule has 2 unspecified atom stereocenters. The number of hydrogen-bond acceptors (Lipinski definition) is 2. The fourth-order valence-electron chi connectivity index (χ4n) is 4.13. The molecular formula is C16H19BrClNO. The highest BCUT2D eigenvalue weighted by Gasteiger charge is 2.40. The van der Waals surface area contributed by atoms with E-state index in [9.17, 15) is 0 Å². The Balaban J connectivity index is 1.61. The second-order valence-corrected chi connectivity index (χ2v) is 8.01. The maximum absolute atomic E-state index is 6.28. The van der Waals surface area contributed by atoms with Crippen molar-refractivity contribution in [1.82, 2.24) is 4.90 Å². The summed E-state index contributed by atoms with van der Waals surface area (Å²) in [6.07, 6.45) is 6.24. The third-order valence-electron chi connectivity index (χ3n) is 5.01. The molecule has 4 rings (SSSR count). The number of hydrogen-bond donors (Lipinski definition) is 0. The lowest BCUT2D eigenvalue weighted by atomic mass is 10.0. The first-order chi connectivity index (χ1) is 9.70.